The van der Waals surface area contributed by atoms with Crippen LogP contribution in [0.5, 0.6) is 0 Å². The normalized spacial score (nSPS) is 11.5. The lowest BCUT2D eigenvalue weighted by atomic mass is 10.3. The average molecular weight is 295 g/mol. The highest BCUT2D eigenvalue weighted by atomic mass is 27.2. The van der Waals surface area contributed by atoms with Crippen molar-refractivity contribution >= 4 is 21.9 Å². The van der Waals surface area contributed by atoms with E-state index >= 15 is 0 Å². The Bertz CT molecular complexity index is 454. The van der Waals surface area contributed by atoms with Gasteiger partial charge in [0.2, 0.25) is 13.1 Å². The van der Waals surface area contributed by atoms with E-state index in [0.717, 1.165) is 0 Å². The highest BCUT2D eigenvalue weighted by Gasteiger charge is 2.31. The Morgan fingerprint density at radius 2 is 1.00 bits per heavy atom. The van der Waals surface area contributed by atoms with Gasteiger partial charge in [0.05, 0.1) is 0 Å². The maximum absolute atomic E-state index is 2.39. The van der Waals surface area contributed by atoms with Gasteiger partial charge in [0.1, 0.15) is 0 Å². The molecule has 0 saturated carbocycles. The number of rotatable bonds is 8. The van der Waals surface area contributed by atoms with Gasteiger partial charge in [-0.05, 0) is 0 Å². The average Bonchev–Trinajstić information content (AvgIpc) is 2.57. The Hall–Kier alpha value is -1.03. The molecule has 2 rings (SSSR count). The zero-order valence-electron chi connectivity index (χ0n) is 13.6. The number of benzene rings is 2. The van der Waals surface area contributed by atoms with Crippen molar-refractivity contribution in [1.82, 2.24) is 0 Å². The van der Waals surface area contributed by atoms with Crippen molar-refractivity contribution < 1.29 is 0 Å². The second-order valence-electron chi connectivity index (χ2n) is 6.36. The molecule has 0 N–H and O–H groups in total. The molecule has 1 heteroatoms. The molecule has 0 heterocycles. The molecule has 0 radical (unpaired) electrons. The Morgan fingerprint density at radius 1 is 0.619 bits per heavy atom. The molecule has 0 amide bonds. The highest BCUT2D eigenvalue weighted by molar-refractivity contribution is 7.02. The SMILES string of the molecule is CCC[CH2][Al-]([CH2]CCC)([c]1ccccc1)[c]1ccccc1. The molecule has 0 atom stereocenters. The molecule has 0 spiro atoms. The summed E-state index contributed by atoms with van der Waals surface area (Å²) in [7, 11) is 0. The van der Waals surface area contributed by atoms with Gasteiger partial charge < -0.3 is 0 Å². The third-order valence-electron chi connectivity index (χ3n) is 4.98. The molecule has 2 aromatic carbocycles. The van der Waals surface area contributed by atoms with Gasteiger partial charge in [-0.2, -0.15) is 10.6 Å². The van der Waals surface area contributed by atoms with Crippen LogP contribution in [0.3, 0.4) is 0 Å². The zero-order valence-corrected chi connectivity index (χ0v) is 14.7. The van der Waals surface area contributed by atoms with Crippen molar-refractivity contribution in [3.63, 3.8) is 0 Å². The molecule has 0 aromatic heterocycles. The first kappa shape index (κ1) is 16.3. The molecule has 0 saturated heterocycles. The van der Waals surface area contributed by atoms with Crippen LogP contribution in [-0.2, 0) is 0 Å². The maximum Gasteiger partial charge on any atom is 0.202 e. The third-order valence-corrected chi connectivity index (χ3v) is 11.1. The molecular weight excluding hydrogens is 267 g/mol. The standard InChI is InChI=1S/2C6H5.2C4H9.Al/c2*1-2-4-6-5-3-1;2*1-3-4-2;/h2*1-5H;2*1,3-4H2,2H3;/q;;;;-1. The Kier molecular flexibility index (Phi) is 6.56. The summed E-state index contributed by atoms with van der Waals surface area (Å²) in [5.41, 5.74) is 0. The molecule has 0 bridgehead atoms. The predicted molar refractivity (Wildman–Crippen MR) is 97.3 cm³/mol. The fraction of sp³-hybridized carbons (Fsp3) is 0.400. The van der Waals surface area contributed by atoms with Crippen molar-refractivity contribution in [2.75, 3.05) is 0 Å². The van der Waals surface area contributed by atoms with Crippen LogP contribution in [0.1, 0.15) is 39.5 Å². The number of hydrogen-bond donors (Lipinski definition) is 0. The topological polar surface area (TPSA) is 0 Å². The van der Waals surface area contributed by atoms with E-state index in [4.69, 9.17) is 0 Å². The molecule has 2 aromatic rings. The quantitative estimate of drug-likeness (QED) is 0.611. The largest absolute Gasteiger partial charge is 0.227 e. The summed E-state index contributed by atoms with van der Waals surface area (Å²) in [6, 6.07) is 22.8. The van der Waals surface area contributed by atoms with Crippen LogP contribution in [0.2, 0.25) is 10.6 Å². The van der Waals surface area contributed by atoms with E-state index in [1.54, 1.807) is 8.85 Å². The lowest BCUT2D eigenvalue weighted by Crippen LogP contribution is -2.58. The van der Waals surface area contributed by atoms with Crippen LogP contribution in [0.15, 0.2) is 60.7 Å². The summed E-state index contributed by atoms with van der Waals surface area (Å²) in [5.74, 6) is 0. The van der Waals surface area contributed by atoms with Crippen LogP contribution in [0, 0.1) is 0 Å². The Labute approximate surface area is 132 Å². The van der Waals surface area contributed by atoms with E-state index in [1.807, 2.05) is 0 Å². The maximum atomic E-state index is 2.39. The lowest BCUT2D eigenvalue weighted by molar-refractivity contribution is 0.838. The fourth-order valence-electron chi connectivity index (χ4n) is 3.75. The monoisotopic (exact) mass is 295 g/mol. The van der Waals surface area contributed by atoms with Crippen molar-refractivity contribution in [3.8, 4) is 0 Å². The molecule has 0 aliphatic carbocycles. The Morgan fingerprint density at radius 3 is 1.33 bits per heavy atom. The first-order chi connectivity index (χ1) is 10.3. The van der Waals surface area contributed by atoms with Crippen molar-refractivity contribution in [2.45, 2.75) is 50.1 Å². The summed E-state index contributed by atoms with van der Waals surface area (Å²) >= 11 is -1.95. The first-order valence-corrected chi connectivity index (χ1v) is 11.4. The van der Waals surface area contributed by atoms with E-state index < -0.39 is 13.1 Å². The minimum atomic E-state index is -1.95. The van der Waals surface area contributed by atoms with Gasteiger partial charge in [-0.1, -0.05) is 75.9 Å². The minimum Gasteiger partial charge on any atom is -0.227 e. The van der Waals surface area contributed by atoms with E-state index in [2.05, 4.69) is 74.5 Å². The predicted octanol–water partition coefficient (Wildman–Crippen LogP) is 4.85. The second-order valence-corrected chi connectivity index (χ2v) is 11.3. The van der Waals surface area contributed by atoms with Gasteiger partial charge in [-0.3, -0.25) is 0 Å². The van der Waals surface area contributed by atoms with Gasteiger partial charge >= 0.3 is 0 Å². The molecular formula is C20H28Al-. The lowest BCUT2D eigenvalue weighted by Gasteiger charge is -2.39. The van der Waals surface area contributed by atoms with Crippen LogP contribution in [-0.4, -0.2) is 13.1 Å². The molecule has 112 valence electrons. The zero-order chi connectivity index (χ0) is 15.0. The second kappa shape index (κ2) is 8.42. The summed E-state index contributed by atoms with van der Waals surface area (Å²) in [4.78, 5) is 0. The number of unbranched alkanes of at least 4 members (excludes halogenated alkanes) is 2. The van der Waals surface area contributed by atoms with E-state index in [9.17, 15) is 0 Å². The van der Waals surface area contributed by atoms with Crippen molar-refractivity contribution in [2.24, 2.45) is 0 Å². The fourth-order valence-corrected chi connectivity index (χ4v) is 9.89. The van der Waals surface area contributed by atoms with Crippen LogP contribution in [0.4, 0.5) is 0 Å². The van der Waals surface area contributed by atoms with Gasteiger partial charge in [0, 0.05) is 0 Å². The minimum absolute atomic E-state index is 1.30. The Balaban J connectivity index is 2.48. The summed E-state index contributed by atoms with van der Waals surface area (Å²) in [6.45, 7) is 4.64. The van der Waals surface area contributed by atoms with Crippen LogP contribution in [0.25, 0.3) is 0 Å². The van der Waals surface area contributed by atoms with Gasteiger partial charge in [-0.25, -0.2) is 8.85 Å². The van der Waals surface area contributed by atoms with Gasteiger partial charge in [0.25, 0.3) is 0 Å². The van der Waals surface area contributed by atoms with E-state index in [0.29, 0.717) is 0 Å². The van der Waals surface area contributed by atoms with Crippen LogP contribution < -0.4 is 8.85 Å². The molecule has 0 nitrogen and oxygen atoms in total. The van der Waals surface area contributed by atoms with Crippen LogP contribution >= 0.6 is 0 Å². The van der Waals surface area contributed by atoms with Gasteiger partial charge in [-0.15, -0.1) is 24.3 Å². The highest BCUT2D eigenvalue weighted by Crippen LogP contribution is 2.22. The summed E-state index contributed by atoms with van der Waals surface area (Å²) in [5, 5.41) is 2.83. The molecule has 0 fully saturated rings. The summed E-state index contributed by atoms with van der Waals surface area (Å²) in [6.07, 6.45) is 5.32. The van der Waals surface area contributed by atoms with Gasteiger partial charge in [0.15, 0.2) is 0 Å². The molecule has 0 aliphatic rings. The molecule has 0 unspecified atom stereocenters. The smallest absolute Gasteiger partial charge is 0.202 e. The van der Waals surface area contributed by atoms with Crippen molar-refractivity contribution in [1.29, 1.82) is 0 Å². The summed E-state index contributed by atoms with van der Waals surface area (Å²) < 4.78 is 3.30. The van der Waals surface area contributed by atoms with Crippen molar-refractivity contribution in [3.05, 3.63) is 60.7 Å². The molecule has 21 heavy (non-hydrogen) atoms. The first-order valence-electron chi connectivity index (χ1n) is 8.63. The molecule has 0 aliphatic heterocycles. The van der Waals surface area contributed by atoms with E-state index in [1.165, 1.54) is 36.2 Å². The third kappa shape index (κ3) is 4.00. The number of hydrogen-bond acceptors (Lipinski definition) is 0. The van der Waals surface area contributed by atoms with E-state index in [-0.39, 0.29) is 0 Å².